The van der Waals surface area contributed by atoms with Gasteiger partial charge >= 0.3 is 6.09 Å². The van der Waals surface area contributed by atoms with E-state index in [1.54, 1.807) is 4.90 Å². The number of rotatable bonds is 2. The number of carbonyl (C=O) groups excluding carboxylic acids is 1. The van der Waals surface area contributed by atoms with E-state index in [1.165, 1.54) is 0 Å². The van der Waals surface area contributed by atoms with Crippen molar-refractivity contribution in [3.05, 3.63) is 35.4 Å². The molecule has 0 aromatic heterocycles. The first kappa shape index (κ1) is 17.3. The van der Waals surface area contributed by atoms with Crippen molar-refractivity contribution >= 4 is 6.09 Å². The molecular formula is C18H25N3O2. The summed E-state index contributed by atoms with van der Waals surface area (Å²) in [4.78, 5) is 15.9. The number of piperazine rings is 1. The van der Waals surface area contributed by atoms with Crippen LogP contribution in [0.3, 0.4) is 0 Å². The van der Waals surface area contributed by atoms with E-state index in [0.29, 0.717) is 26.2 Å². The van der Waals surface area contributed by atoms with Gasteiger partial charge in [-0.2, -0.15) is 5.26 Å². The molecule has 124 valence electrons. The maximum atomic E-state index is 12.1. The van der Waals surface area contributed by atoms with Crippen LogP contribution in [0.25, 0.3) is 0 Å². The molecule has 0 spiro atoms. The minimum atomic E-state index is -0.481. The number of hydrogen-bond acceptors (Lipinski definition) is 4. The number of ether oxygens (including phenoxy) is 1. The quantitative estimate of drug-likeness (QED) is 0.841. The van der Waals surface area contributed by atoms with Crippen molar-refractivity contribution in [2.75, 3.05) is 26.2 Å². The maximum Gasteiger partial charge on any atom is 0.410 e. The van der Waals surface area contributed by atoms with E-state index in [4.69, 9.17) is 4.74 Å². The fourth-order valence-corrected chi connectivity index (χ4v) is 2.70. The van der Waals surface area contributed by atoms with Gasteiger partial charge in [0.25, 0.3) is 0 Å². The van der Waals surface area contributed by atoms with E-state index >= 15 is 0 Å². The van der Waals surface area contributed by atoms with Gasteiger partial charge in [-0.3, -0.25) is 4.90 Å². The van der Waals surface area contributed by atoms with Crippen LogP contribution >= 0.6 is 0 Å². The molecule has 23 heavy (non-hydrogen) atoms. The maximum absolute atomic E-state index is 12.1. The van der Waals surface area contributed by atoms with Gasteiger partial charge in [0.2, 0.25) is 0 Å². The molecule has 0 N–H and O–H groups in total. The molecule has 1 amide bonds. The highest BCUT2D eigenvalue weighted by Gasteiger charge is 2.29. The van der Waals surface area contributed by atoms with Crippen LogP contribution in [0.15, 0.2) is 24.3 Å². The topological polar surface area (TPSA) is 56.6 Å². The van der Waals surface area contributed by atoms with Crippen LogP contribution in [0, 0.1) is 18.3 Å². The van der Waals surface area contributed by atoms with Crippen LogP contribution in [0.1, 0.15) is 37.9 Å². The summed E-state index contributed by atoms with van der Waals surface area (Å²) >= 11 is 0. The highest BCUT2D eigenvalue weighted by Crippen LogP contribution is 2.23. The highest BCUT2D eigenvalue weighted by molar-refractivity contribution is 5.68. The fraction of sp³-hybridized carbons (Fsp3) is 0.556. The molecule has 0 aliphatic carbocycles. The second-order valence-corrected chi connectivity index (χ2v) is 6.95. The minimum Gasteiger partial charge on any atom is -0.444 e. The van der Waals surface area contributed by atoms with Crippen molar-refractivity contribution in [2.45, 2.75) is 39.3 Å². The Morgan fingerprint density at radius 2 is 1.91 bits per heavy atom. The Bertz CT molecular complexity index is 593. The summed E-state index contributed by atoms with van der Waals surface area (Å²) in [5.74, 6) is 0. The minimum absolute atomic E-state index is 0.268. The van der Waals surface area contributed by atoms with E-state index in [9.17, 15) is 10.1 Å². The zero-order chi connectivity index (χ0) is 17.0. The van der Waals surface area contributed by atoms with Gasteiger partial charge < -0.3 is 9.64 Å². The summed E-state index contributed by atoms with van der Waals surface area (Å²) in [6.07, 6.45) is -0.277. The number of nitrogens with zero attached hydrogens (tertiary/aromatic N) is 3. The molecule has 0 saturated carbocycles. The van der Waals surface area contributed by atoms with E-state index in [0.717, 1.165) is 11.1 Å². The summed E-state index contributed by atoms with van der Waals surface area (Å²) in [6.45, 7) is 10.1. The monoisotopic (exact) mass is 315 g/mol. The van der Waals surface area contributed by atoms with E-state index < -0.39 is 5.60 Å². The summed E-state index contributed by atoms with van der Waals surface area (Å²) < 4.78 is 5.40. The number of aryl methyl sites for hydroxylation is 1. The number of carbonyl (C=O) groups is 1. The average molecular weight is 315 g/mol. The van der Waals surface area contributed by atoms with Crippen LogP contribution in [-0.4, -0.2) is 47.7 Å². The Morgan fingerprint density at radius 3 is 2.43 bits per heavy atom. The molecule has 1 aromatic rings. The third-order valence-electron chi connectivity index (χ3n) is 3.81. The lowest BCUT2D eigenvalue weighted by Crippen LogP contribution is -2.50. The average Bonchev–Trinajstić information content (AvgIpc) is 2.47. The molecule has 1 aliphatic rings. The normalized spacial score (nSPS) is 17.4. The van der Waals surface area contributed by atoms with Crippen molar-refractivity contribution in [1.82, 2.24) is 9.80 Å². The van der Waals surface area contributed by atoms with Gasteiger partial charge in [-0.15, -0.1) is 0 Å². The molecule has 1 saturated heterocycles. The summed E-state index contributed by atoms with van der Waals surface area (Å²) in [7, 11) is 0. The van der Waals surface area contributed by atoms with Crippen LogP contribution in [0.5, 0.6) is 0 Å². The molecule has 0 bridgehead atoms. The van der Waals surface area contributed by atoms with E-state index in [2.05, 4.69) is 11.0 Å². The molecule has 1 aliphatic heterocycles. The largest absolute Gasteiger partial charge is 0.444 e. The molecule has 1 aromatic carbocycles. The number of benzene rings is 1. The summed E-state index contributed by atoms with van der Waals surface area (Å²) in [5, 5.41) is 9.55. The van der Waals surface area contributed by atoms with Gasteiger partial charge in [0.15, 0.2) is 0 Å². The van der Waals surface area contributed by atoms with Gasteiger partial charge in [0, 0.05) is 26.2 Å². The molecular weight excluding hydrogens is 290 g/mol. The van der Waals surface area contributed by atoms with Crippen molar-refractivity contribution < 1.29 is 9.53 Å². The molecule has 1 fully saturated rings. The second-order valence-electron chi connectivity index (χ2n) is 6.95. The van der Waals surface area contributed by atoms with Crippen LogP contribution in [0.4, 0.5) is 4.79 Å². The molecule has 1 atom stereocenters. The first-order valence-electron chi connectivity index (χ1n) is 7.98. The predicted octanol–water partition coefficient (Wildman–Crippen LogP) is 3.11. The Morgan fingerprint density at radius 1 is 1.26 bits per heavy atom. The van der Waals surface area contributed by atoms with Crippen LogP contribution in [0.2, 0.25) is 0 Å². The van der Waals surface area contributed by atoms with Crippen LogP contribution in [-0.2, 0) is 4.74 Å². The SMILES string of the molecule is Cc1cccc(C(C#N)N2CCN(C(=O)OC(C)(C)C)CC2)c1. The number of amides is 1. The first-order valence-corrected chi connectivity index (χ1v) is 7.98. The number of nitriles is 1. The van der Waals surface area contributed by atoms with Gasteiger partial charge in [-0.25, -0.2) is 4.79 Å². The second kappa shape index (κ2) is 7.01. The van der Waals surface area contributed by atoms with Gasteiger partial charge in [0.05, 0.1) is 6.07 Å². The highest BCUT2D eigenvalue weighted by atomic mass is 16.6. The lowest BCUT2D eigenvalue weighted by Gasteiger charge is -2.37. The Balaban J connectivity index is 1.98. The van der Waals surface area contributed by atoms with Gasteiger partial charge in [0.1, 0.15) is 11.6 Å². The summed E-state index contributed by atoms with van der Waals surface area (Å²) in [6, 6.07) is 10.2. The third kappa shape index (κ3) is 4.70. The Hall–Kier alpha value is -2.06. The lowest BCUT2D eigenvalue weighted by atomic mass is 10.0. The van der Waals surface area contributed by atoms with E-state index in [-0.39, 0.29) is 12.1 Å². The molecule has 0 radical (unpaired) electrons. The Kier molecular flexibility index (Phi) is 5.27. The third-order valence-corrected chi connectivity index (χ3v) is 3.81. The fourth-order valence-electron chi connectivity index (χ4n) is 2.70. The summed E-state index contributed by atoms with van der Waals surface area (Å²) in [5.41, 5.74) is 1.68. The molecule has 1 heterocycles. The van der Waals surface area contributed by atoms with E-state index in [1.807, 2.05) is 52.0 Å². The first-order chi connectivity index (χ1) is 10.8. The standard InChI is InChI=1S/C18H25N3O2/c1-14-6-5-7-15(12-14)16(13-19)20-8-10-21(11-9-20)17(22)23-18(2,3)4/h5-7,12,16H,8-11H2,1-4H3. The Labute approximate surface area is 138 Å². The lowest BCUT2D eigenvalue weighted by molar-refractivity contribution is 0.0125. The molecule has 5 heteroatoms. The predicted molar refractivity (Wildman–Crippen MR) is 88.9 cm³/mol. The van der Waals surface area contributed by atoms with Gasteiger partial charge in [-0.1, -0.05) is 29.8 Å². The molecule has 5 nitrogen and oxygen atoms in total. The van der Waals surface area contributed by atoms with Crippen molar-refractivity contribution in [3.63, 3.8) is 0 Å². The smallest absolute Gasteiger partial charge is 0.410 e. The molecule has 1 unspecified atom stereocenters. The van der Waals surface area contributed by atoms with Crippen molar-refractivity contribution in [3.8, 4) is 6.07 Å². The molecule has 2 rings (SSSR count). The van der Waals surface area contributed by atoms with Crippen molar-refractivity contribution in [1.29, 1.82) is 5.26 Å². The zero-order valence-corrected chi connectivity index (χ0v) is 14.4. The zero-order valence-electron chi connectivity index (χ0n) is 14.4. The number of hydrogen-bond donors (Lipinski definition) is 0. The van der Waals surface area contributed by atoms with Crippen molar-refractivity contribution in [2.24, 2.45) is 0 Å². The van der Waals surface area contributed by atoms with Crippen LogP contribution < -0.4 is 0 Å². The van der Waals surface area contributed by atoms with Gasteiger partial charge in [-0.05, 0) is 33.3 Å².